The molecule has 1 aromatic rings. The van der Waals surface area contributed by atoms with Crippen LogP contribution in [0.2, 0.25) is 0 Å². The van der Waals surface area contributed by atoms with E-state index in [4.69, 9.17) is 10.00 Å². The molecule has 0 fully saturated rings. The third-order valence-corrected chi connectivity index (χ3v) is 1.83. The Hall–Kier alpha value is -2.02. The van der Waals surface area contributed by atoms with Gasteiger partial charge in [-0.25, -0.2) is 0 Å². The number of hydrogen-bond acceptors (Lipinski definition) is 4. The van der Waals surface area contributed by atoms with E-state index >= 15 is 0 Å². The summed E-state index contributed by atoms with van der Waals surface area (Å²) in [7, 11) is 1.33. The van der Waals surface area contributed by atoms with Gasteiger partial charge in [-0.3, -0.25) is 4.79 Å². The Morgan fingerprint density at radius 1 is 1.57 bits per heavy atom. The van der Waals surface area contributed by atoms with Crippen molar-refractivity contribution in [1.29, 1.82) is 5.26 Å². The molecule has 1 rings (SSSR count). The van der Waals surface area contributed by atoms with Crippen molar-refractivity contribution >= 4 is 5.78 Å². The van der Waals surface area contributed by atoms with Crippen LogP contribution in [0.4, 0.5) is 0 Å². The summed E-state index contributed by atoms with van der Waals surface area (Å²) in [5.41, 5.74) is 0.321. The first-order valence-corrected chi connectivity index (χ1v) is 3.92. The second kappa shape index (κ2) is 3.79. The van der Waals surface area contributed by atoms with E-state index in [-0.39, 0.29) is 28.4 Å². The fraction of sp³-hybridized carbons (Fsp3) is 0.200. The molecule has 0 saturated heterocycles. The van der Waals surface area contributed by atoms with Gasteiger partial charge in [0.1, 0.15) is 11.6 Å². The van der Waals surface area contributed by atoms with Gasteiger partial charge in [0.15, 0.2) is 17.3 Å². The number of ketones is 1. The number of nitrogens with zero attached hydrogens (tertiary/aromatic N) is 1. The highest BCUT2D eigenvalue weighted by molar-refractivity contribution is 5.97. The number of carbonyl (C=O) groups is 1. The van der Waals surface area contributed by atoms with Gasteiger partial charge in [-0.05, 0) is 19.1 Å². The zero-order valence-electron chi connectivity index (χ0n) is 7.87. The molecule has 0 aromatic heterocycles. The van der Waals surface area contributed by atoms with E-state index in [1.54, 1.807) is 0 Å². The van der Waals surface area contributed by atoms with E-state index < -0.39 is 0 Å². The predicted octanol–water partition coefficient (Wildman–Crippen LogP) is 1.48. The minimum Gasteiger partial charge on any atom is -0.504 e. The average Bonchev–Trinajstić information content (AvgIpc) is 2.16. The minimum absolute atomic E-state index is 0.0419. The molecular formula is C10H9NO3. The highest BCUT2D eigenvalue weighted by atomic mass is 16.5. The molecule has 72 valence electrons. The van der Waals surface area contributed by atoms with Gasteiger partial charge in [0.2, 0.25) is 0 Å². The molecule has 0 amide bonds. The van der Waals surface area contributed by atoms with Crippen molar-refractivity contribution in [2.75, 3.05) is 7.11 Å². The van der Waals surface area contributed by atoms with Crippen LogP contribution in [0.3, 0.4) is 0 Å². The monoisotopic (exact) mass is 191 g/mol. The first kappa shape index (κ1) is 10.1. The van der Waals surface area contributed by atoms with Gasteiger partial charge < -0.3 is 9.84 Å². The molecule has 0 radical (unpaired) electrons. The van der Waals surface area contributed by atoms with Gasteiger partial charge in [-0.2, -0.15) is 5.26 Å². The predicted molar refractivity (Wildman–Crippen MR) is 49.4 cm³/mol. The molecule has 0 saturated carbocycles. The van der Waals surface area contributed by atoms with Crippen molar-refractivity contribution in [2.24, 2.45) is 0 Å². The number of methoxy groups -OCH3 is 1. The lowest BCUT2D eigenvalue weighted by molar-refractivity contribution is 0.101. The van der Waals surface area contributed by atoms with Crippen molar-refractivity contribution in [3.63, 3.8) is 0 Å². The van der Waals surface area contributed by atoms with Crippen LogP contribution in [0.1, 0.15) is 22.8 Å². The number of carbonyl (C=O) groups excluding carboxylic acids is 1. The molecule has 0 bridgehead atoms. The molecule has 14 heavy (non-hydrogen) atoms. The number of Topliss-reactive ketones (excluding diaryl/α,β-unsaturated/α-hetero) is 1. The first-order valence-electron chi connectivity index (χ1n) is 3.92. The van der Waals surface area contributed by atoms with E-state index in [9.17, 15) is 9.90 Å². The summed E-state index contributed by atoms with van der Waals surface area (Å²) in [6, 6.07) is 4.56. The summed E-state index contributed by atoms with van der Waals surface area (Å²) in [4.78, 5) is 11.1. The number of nitriles is 1. The molecule has 0 atom stereocenters. The quantitative estimate of drug-likeness (QED) is 0.718. The van der Waals surface area contributed by atoms with Crippen molar-refractivity contribution in [1.82, 2.24) is 0 Å². The van der Waals surface area contributed by atoms with Crippen LogP contribution < -0.4 is 4.74 Å². The maximum absolute atomic E-state index is 11.1. The standard InChI is InChI=1S/C10H9NO3/c1-6(12)7-3-4-9(13)10(14-2)8(7)5-11/h3-4,13H,1-2H3. The van der Waals surface area contributed by atoms with Crippen LogP contribution in [-0.4, -0.2) is 18.0 Å². The molecule has 4 heteroatoms. The van der Waals surface area contributed by atoms with Crippen LogP contribution in [0.25, 0.3) is 0 Å². The lowest BCUT2D eigenvalue weighted by atomic mass is 10.0. The highest BCUT2D eigenvalue weighted by Gasteiger charge is 2.15. The lowest BCUT2D eigenvalue weighted by Crippen LogP contribution is -1.99. The number of benzene rings is 1. The third-order valence-electron chi connectivity index (χ3n) is 1.83. The molecule has 0 aliphatic heterocycles. The molecule has 0 spiro atoms. The Morgan fingerprint density at radius 3 is 2.64 bits per heavy atom. The SMILES string of the molecule is COc1c(O)ccc(C(C)=O)c1C#N. The average molecular weight is 191 g/mol. The van der Waals surface area contributed by atoms with Gasteiger partial charge in [0.05, 0.1) is 7.11 Å². The minimum atomic E-state index is -0.236. The number of hydrogen-bond donors (Lipinski definition) is 1. The van der Waals surface area contributed by atoms with Gasteiger partial charge in [-0.15, -0.1) is 0 Å². The normalized spacial score (nSPS) is 9.21. The van der Waals surface area contributed by atoms with Gasteiger partial charge in [0.25, 0.3) is 0 Å². The Kier molecular flexibility index (Phi) is 2.73. The fourth-order valence-electron chi connectivity index (χ4n) is 1.18. The maximum Gasteiger partial charge on any atom is 0.179 e. The molecule has 0 aliphatic rings. The van der Waals surface area contributed by atoms with Crippen molar-refractivity contribution < 1.29 is 14.6 Å². The Bertz CT molecular complexity index is 418. The zero-order valence-corrected chi connectivity index (χ0v) is 7.87. The van der Waals surface area contributed by atoms with Crippen LogP contribution in [0.15, 0.2) is 12.1 Å². The van der Waals surface area contributed by atoms with Crippen molar-refractivity contribution in [3.8, 4) is 17.6 Å². The second-order valence-corrected chi connectivity index (χ2v) is 2.71. The van der Waals surface area contributed by atoms with E-state index in [1.807, 2.05) is 6.07 Å². The van der Waals surface area contributed by atoms with Gasteiger partial charge >= 0.3 is 0 Å². The van der Waals surface area contributed by atoms with Crippen LogP contribution in [-0.2, 0) is 0 Å². The zero-order chi connectivity index (χ0) is 10.7. The van der Waals surface area contributed by atoms with Crippen molar-refractivity contribution in [3.05, 3.63) is 23.3 Å². The number of ether oxygens (including phenoxy) is 1. The van der Waals surface area contributed by atoms with Gasteiger partial charge in [0, 0.05) is 5.56 Å². The highest BCUT2D eigenvalue weighted by Crippen LogP contribution is 2.31. The van der Waals surface area contributed by atoms with E-state index in [2.05, 4.69) is 0 Å². The molecule has 0 heterocycles. The van der Waals surface area contributed by atoms with Crippen molar-refractivity contribution in [2.45, 2.75) is 6.92 Å². The lowest BCUT2D eigenvalue weighted by Gasteiger charge is -2.07. The molecular weight excluding hydrogens is 182 g/mol. The van der Waals surface area contributed by atoms with E-state index in [0.29, 0.717) is 0 Å². The smallest absolute Gasteiger partial charge is 0.179 e. The molecule has 1 N–H and O–H groups in total. The molecule has 1 aromatic carbocycles. The second-order valence-electron chi connectivity index (χ2n) is 2.71. The molecule has 4 nitrogen and oxygen atoms in total. The van der Waals surface area contributed by atoms with Crippen LogP contribution in [0.5, 0.6) is 11.5 Å². The largest absolute Gasteiger partial charge is 0.504 e. The topological polar surface area (TPSA) is 70.3 Å². The molecule has 0 aliphatic carbocycles. The number of phenolic OH excluding ortho intramolecular Hbond substituents is 1. The van der Waals surface area contributed by atoms with E-state index in [0.717, 1.165) is 0 Å². The Labute approximate surface area is 81.4 Å². The Morgan fingerprint density at radius 2 is 2.21 bits per heavy atom. The number of phenols is 1. The molecule has 0 unspecified atom stereocenters. The van der Waals surface area contributed by atoms with E-state index in [1.165, 1.54) is 26.2 Å². The number of rotatable bonds is 2. The third kappa shape index (κ3) is 1.52. The summed E-state index contributed by atoms with van der Waals surface area (Å²) in [5.74, 6) is -0.339. The fourth-order valence-corrected chi connectivity index (χ4v) is 1.18. The summed E-state index contributed by atoms with van der Waals surface area (Å²) < 4.78 is 4.83. The van der Waals surface area contributed by atoms with Crippen LogP contribution in [0, 0.1) is 11.3 Å². The summed E-state index contributed by atoms with van der Waals surface area (Å²) >= 11 is 0. The number of aromatic hydroxyl groups is 1. The summed E-state index contributed by atoms with van der Waals surface area (Å²) in [5, 5.41) is 18.2. The maximum atomic E-state index is 11.1. The summed E-state index contributed by atoms with van der Waals surface area (Å²) in [6.45, 7) is 1.35. The van der Waals surface area contributed by atoms with Gasteiger partial charge in [-0.1, -0.05) is 0 Å². The Balaban J connectivity index is 3.50. The first-order chi connectivity index (χ1) is 6.61. The van der Waals surface area contributed by atoms with Crippen LogP contribution >= 0.6 is 0 Å². The summed E-state index contributed by atoms with van der Waals surface area (Å²) in [6.07, 6.45) is 0.